The van der Waals surface area contributed by atoms with Crippen LogP contribution in [0.25, 0.3) is 22.0 Å². The molecule has 1 aliphatic heterocycles. The lowest BCUT2D eigenvalue weighted by atomic mass is 9.93. The van der Waals surface area contributed by atoms with E-state index in [-0.39, 0.29) is 17.2 Å². The highest BCUT2D eigenvalue weighted by Crippen LogP contribution is 2.41. The number of aromatic nitrogens is 3. The van der Waals surface area contributed by atoms with Crippen molar-refractivity contribution in [3.05, 3.63) is 88.0 Å². The third kappa shape index (κ3) is 5.22. The molecule has 2 aromatic heterocycles. The molecule has 0 aliphatic carbocycles. The van der Waals surface area contributed by atoms with Gasteiger partial charge in [0.25, 0.3) is 11.8 Å². The van der Waals surface area contributed by atoms with Gasteiger partial charge >= 0.3 is 12.4 Å². The molecule has 2 aromatic carbocycles. The molecular formula is C26H17BrF6N4O2. The normalized spacial score (nSPS) is 14.5. The second-order valence-corrected chi connectivity index (χ2v) is 9.80. The summed E-state index contributed by atoms with van der Waals surface area (Å²) >= 11 is 3.36. The molecule has 13 heteroatoms. The van der Waals surface area contributed by atoms with Crippen molar-refractivity contribution in [2.24, 2.45) is 0 Å². The molecule has 0 radical (unpaired) electrons. The van der Waals surface area contributed by atoms with E-state index in [4.69, 9.17) is 0 Å². The molecule has 39 heavy (non-hydrogen) atoms. The van der Waals surface area contributed by atoms with Gasteiger partial charge in [-0.2, -0.15) is 26.3 Å². The van der Waals surface area contributed by atoms with Crippen LogP contribution in [0.2, 0.25) is 0 Å². The quantitative estimate of drug-likeness (QED) is 0.206. The fraction of sp³-hybridized carbons (Fsp3) is 0.192. The SMILES string of the molecule is O=C1NC(=O)C(c2cn(CCCn3ccnc3)c3ccc(Br)cc23)=C1c1cc(C(F)(F)F)cc(C(F)(F)F)c1. The molecule has 0 spiro atoms. The molecule has 0 unspecified atom stereocenters. The maximum absolute atomic E-state index is 13.5. The minimum atomic E-state index is -5.12. The van der Waals surface area contributed by atoms with E-state index in [0.29, 0.717) is 47.0 Å². The first kappa shape index (κ1) is 26.7. The third-order valence-corrected chi connectivity index (χ3v) is 6.79. The Kier molecular flexibility index (Phi) is 6.65. The molecule has 1 N–H and O–H groups in total. The van der Waals surface area contributed by atoms with E-state index in [0.717, 1.165) is 0 Å². The molecule has 0 saturated carbocycles. The molecule has 0 bridgehead atoms. The number of nitrogens with zero attached hydrogens (tertiary/aromatic N) is 3. The Balaban J connectivity index is 1.69. The molecule has 2 amide bonds. The zero-order valence-electron chi connectivity index (χ0n) is 19.7. The number of fused-ring (bicyclic) bond motifs is 1. The van der Waals surface area contributed by atoms with Gasteiger partial charge in [-0.1, -0.05) is 15.9 Å². The summed E-state index contributed by atoms with van der Waals surface area (Å²) in [6.45, 7) is 1.10. The molecule has 0 atom stereocenters. The van der Waals surface area contributed by atoms with Crippen molar-refractivity contribution in [1.82, 2.24) is 19.4 Å². The molecule has 4 aromatic rings. The van der Waals surface area contributed by atoms with Crippen LogP contribution in [-0.4, -0.2) is 25.9 Å². The lowest BCUT2D eigenvalue weighted by Gasteiger charge is -2.14. The minimum Gasteiger partial charge on any atom is -0.347 e. The second-order valence-electron chi connectivity index (χ2n) is 8.88. The average Bonchev–Trinajstić information content (AvgIpc) is 3.55. The highest BCUT2D eigenvalue weighted by molar-refractivity contribution is 9.10. The fourth-order valence-corrected chi connectivity index (χ4v) is 4.94. The van der Waals surface area contributed by atoms with Gasteiger partial charge < -0.3 is 9.13 Å². The number of hydrogen-bond donors (Lipinski definition) is 1. The summed E-state index contributed by atoms with van der Waals surface area (Å²) in [4.78, 5) is 29.8. The standard InChI is InChI=1S/C26H17BrF6N4O2/c27-17-2-3-20-18(11-17)19(12-37(20)6-1-5-36-7-4-34-13-36)22-21(23(38)35-24(22)39)14-8-15(25(28,29)30)10-16(9-14)26(31,32)33/h2-4,7-13H,1,5-6H2,(H,35,38,39). The van der Waals surface area contributed by atoms with E-state index in [2.05, 4.69) is 20.9 Å². The van der Waals surface area contributed by atoms with E-state index < -0.39 is 46.4 Å². The summed E-state index contributed by atoms with van der Waals surface area (Å²) in [7, 11) is 0. The molecular weight excluding hydrogens is 594 g/mol. The molecule has 6 nitrogen and oxygen atoms in total. The number of carbonyl (C=O) groups excluding carboxylic acids is 2. The molecule has 0 fully saturated rings. The van der Waals surface area contributed by atoms with Crippen LogP contribution in [-0.2, 0) is 35.0 Å². The number of amides is 2. The van der Waals surface area contributed by atoms with Crippen LogP contribution in [0.4, 0.5) is 26.3 Å². The van der Waals surface area contributed by atoms with Crippen molar-refractivity contribution in [3.8, 4) is 0 Å². The Bertz CT molecular complexity index is 1600. The number of hydrogen-bond acceptors (Lipinski definition) is 3. The second kappa shape index (κ2) is 9.70. The number of halogens is 7. The van der Waals surface area contributed by atoms with Crippen molar-refractivity contribution in [3.63, 3.8) is 0 Å². The van der Waals surface area contributed by atoms with Crippen LogP contribution < -0.4 is 5.32 Å². The first-order valence-electron chi connectivity index (χ1n) is 11.5. The van der Waals surface area contributed by atoms with Crippen molar-refractivity contribution in [2.45, 2.75) is 31.9 Å². The van der Waals surface area contributed by atoms with E-state index >= 15 is 0 Å². The summed E-state index contributed by atoms with van der Waals surface area (Å²) in [5.74, 6) is -2.00. The van der Waals surface area contributed by atoms with Gasteiger partial charge in [-0.05, 0) is 48.4 Å². The lowest BCUT2D eigenvalue weighted by molar-refractivity contribution is -0.143. The topological polar surface area (TPSA) is 68.9 Å². The van der Waals surface area contributed by atoms with E-state index in [1.165, 1.54) is 0 Å². The minimum absolute atomic E-state index is 0.0261. The number of imide groups is 1. The summed E-state index contributed by atoms with van der Waals surface area (Å²) in [5, 5.41) is 2.53. The highest BCUT2D eigenvalue weighted by Gasteiger charge is 2.40. The first-order chi connectivity index (χ1) is 18.3. The predicted octanol–water partition coefficient (Wildman–Crippen LogP) is 6.30. The van der Waals surface area contributed by atoms with E-state index in [1.807, 2.05) is 14.5 Å². The Morgan fingerprint density at radius 1 is 0.872 bits per heavy atom. The summed E-state index contributed by atoms with van der Waals surface area (Å²) in [6, 6.07) is 6.07. The maximum atomic E-state index is 13.5. The van der Waals surface area contributed by atoms with Crippen LogP contribution in [0.15, 0.2) is 65.8 Å². The van der Waals surface area contributed by atoms with Gasteiger partial charge in [0.1, 0.15) is 0 Å². The predicted molar refractivity (Wildman–Crippen MR) is 133 cm³/mol. The number of rotatable bonds is 6. The van der Waals surface area contributed by atoms with Gasteiger partial charge in [0.15, 0.2) is 0 Å². The maximum Gasteiger partial charge on any atom is 0.416 e. The number of alkyl halides is 6. The Hall–Kier alpha value is -3.87. The van der Waals surface area contributed by atoms with Gasteiger partial charge in [-0.3, -0.25) is 14.9 Å². The summed E-state index contributed by atoms with van der Waals surface area (Å²) in [5.41, 5.74) is -3.83. The summed E-state index contributed by atoms with van der Waals surface area (Å²) < 4.78 is 85.5. The van der Waals surface area contributed by atoms with Gasteiger partial charge in [-0.15, -0.1) is 0 Å². The molecule has 202 valence electrons. The van der Waals surface area contributed by atoms with E-state index in [1.54, 1.807) is 43.1 Å². The van der Waals surface area contributed by atoms with Crippen LogP contribution in [0.3, 0.4) is 0 Å². The fourth-order valence-electron chi connectivity index (χ4n) is 4.58. The van der Waals surface area contributed by atoms with Crippen molar-refractivity contribution in [1.29, 1.82) is 0 Å². The monoisotopic (exact) mass is 610 g/mol. The van der Waals surface area contributed by atoms with Gasteiger partial charge in [0.05, 0.1) is 28.6 Å². The molecule has 3 heterocycles. The van der Waals surface area contributed by atoms with Gasteiger partial charge in [0.2, 0.25) is 0 Å². The smallest absolute Gasteiger partial charge is 0.347 e. The highest BCUT2D eigenvalue weighted by atomic mass is 79.9. The molecule has 0 saturated heterocycles. The lowest BCUT2D eigenvalue weighted by Crippen LogP contribution is -2.23. The van der Waals surface area contributed by atoms with Crippen molar-refractivity contribution in [2.75, 3.05) is 0 Å². The molecule has 5 rings (SSSR count). The zero-order valence-corrected chi connectivity index (χ0v) is 21.3. The van der Waals surface area contributed by atoms with E-state index in [9.17, 15) is 35.9 Å². The number of nitrogens with one attached hydrogen (secondary N) is 1. The number of benzene rings is 2. The van der Waals surface area contributed by atoms with Crippen LogP contribution >= 0.6 is 15.9 Å². The number of aryl methyl sites for hydroxylation is 2. The Morgan fingerprint density at radius 2 is 1.54 bits per heavy atom. The van der Waals surface area contributed by atoms with Crippen LogP contribution in [0.1, 0.15) is 28.7 Å². The van der Waals surface area contributed by atoms with Gasteiger partial charge in [-0.25, -0.2) is 4.98 Å². The molecule has 1 aliphatic rings. The third-order valence-electron chi connectivity index (χ3n) is 6.29. The number of carbonyl (C=O) groups is 2. The first-order valence-corrected chi connectivity index (χ1v) is 12.3. The number of imidazole rings is 1. The Morgan fingerprint density at radius 3 is 2.15 bits per heavy atom. The van der Waals surface area contributed by atoms with Gasteiger partial charge in [0, 0.05) is 52.6 Å². The van der Waals surface area contributed by atoms with Crippen molar-refractivity contribution >= 4 is 49.8 Å². The van der Waals surface area contributed by atoms with Crippen LogP contribution in [0.5, 0.6) is 0 Å². The zero-order chi connectivity index (χ0) is 28.1. The van der Waals surface area contributed by atoms with Crippen LogP contribution in [0, 0.1) is 0 Å². The largest absolute Gasteiger partial charge is 0.416 e. The summed E-state index contributed by atoms with van der Waals surface area (Å²) in [6.07, 6.45) is -2.91. The van der Waals surface area contributed by atoms with Crippen molar-refractivity contribution < 1.29 is 35.9 Å². The Labute approximate surface area is 225 Å². The average molecular weight is 611 g/mol.